The number of rotatable bonds is 5. The third-order valence-electron chi connectivity index (χ3n) is 14.9. The second-order valence-corrected chi connectivity index (χ2v) is 17.2. The zero-order valence-electron chi connectivity index (χ0n) is 27.6. The van der Waals surface area contributed by atoms with Crippen molar-refractivity contribution in [1.29, 1.82) is 0 Å². The van der Waals surface area contributed by atoms with Crippen LogP contribution in [0.3, 0.4) is 0 Å². The smallest absolute Gasteiger partial charge is 0.407 e. The van der Waals surface area contributed by atoms with Crippen LogP contribution in [0.15, 0.2) is 0 Å². The van der Waals surface area contributed by atoms with Crippen LogP contribution in [0.1, 0.15) is 92.9 Å². The monoisotopic (exact) mass is 616 g/mol. The number of nitrogens with one attached hydrogen (secondary N) is 2. The third-order valence-corrected chi connectivity index (χ3v) is 14.9. The molecule has 2 spiro atoms. The molecule has 0 bridgehead atoms. The predicted molar refractivity (Wildman–Crippen MR) is 164 cm³/mol. The SMILES string of the molecule is CC(C)C(OC(N)=O)C1CC(C)C2C(O1)C(O)C1(N)C3CCC4C(C)(C)C(OC(=O)NC5CNC5)CCC45CC35CCC21C. The van der Waals surface area contributed by atoms with Crippen molar-refractivity contribution < 1.29 is 28.9 Å². The first-order valence-electron chi connectivity index (χ1n) is 17.4. The van der Waals surface area contributed by atoms with Crippen LogP contribution in [-0.4, -0.2) is 72.5 Å². The Morgan fingerprint density at radius 1 is 1.05 bits per heavy atom. The molecule has 13 unspecified atom stereocenters. The lowest BCUT2D eigenvalue weighted by Gasteiger charge is -2.63. The lowest BCUT2D eigenvalue weighted by Crippen LogP contribution is -2.70. The first-order chi connectivity index (χ1) is 20.6. The van der Waals surface area contributed by atoms with Gasteiger partial charge < -0.3 is 41.4 Å². The number of fused-ring (bicyclic) bond motifs is 4. The molecule has 7 aliphatic rings. The van der Waals surface area contributed by atoms with E-state index in [1.54, 1.807) is 0 Å². The van der Waals surface area contributed by atoms with E-state index in [1.165, 1.54) is 0 Å². The molecule has 2 heterocycles. The van der Waals surface area contributed by atoms with Crippen LogP contribution in [0, 0.1) is 51.2 Å². The minimum Gasteiger partial charge on any atom is -0.446 e. The highest BCUT2D eigenvalue weighted by molar-refractivity contribution is 5.68. The Balaban J connectivity index is 1.14. The number of nitrogens with two attached hydrogens (primary N) is 2. The fraction of sp³-hybridized carbons (Fsp3) is 0.941. The van der Waals surface area contributed by atoms with Crippen molar-refractivity contribution in [3.8, 4) is 0 Å². The first-order valence-corrected chi connectivity index (χ1v) is 17.4. The Hall–Kier alpha value is -1.62. The van der Waals surface area contributed by atoms with Gasteiger partial charge in [-0.15, -0.1) is 0 Å². The summed E-state index contributed by atoms with van der Waals surface area (Å²) in [6.07, 6.45) is 4.77. The topological polar surface area (TPSA) is 158 Å². The fourth-order valence-corrected chi connectivity index (χ4v) is 12.9. The van der Waals surface area contributed by atoms with Crippen molar-refractivity contribution in [3.63, 3.8) is 0 Å². The van der Waals surface area contributed by atoms with E-state index in [-0.39, 0.29) is 69.7 Å². The zero-order valence-corrected chi connectivity index (χ0v) is 27.6. The molecule has 0 aromatic rings. The third kappa shape index (κ3) is 3.92. The van der Waals surface area contributed by atoms with Crippen molar-refractivity contribution in [3.05, 3.63) is 0 Å². The minimum absolute atomic E-state index is 0.0353. The van der Waals surface area contributed by atoms with Gasteiger partial charge in [-0.2, -0.15) is 0 Å². The molecule has 0 aromatic carbocycles. The second-order valence-electron chi connectivity index (χ2n) is 17.2. The van der Waals surface area contributed by atoms with E-state index < -0.39 is 29.9 Å². The van der Waals surface area contributed by atoms with Gasteiger partial charge in [0, 0.05) is 18.5 Å². The molecule has 2 saturated heterocycles. The lowest BCUT2D eigenvalue weighted by molar-refractivity contribution is -0.177. The fourth-order valence-electron chi connectivity index (χ4n) is 12.9. The van der Waals surface area contributed by atoms with Gasteiger partial charge in [0.2, 0.25) is 0 Å². The molecule has 2 amide bonds. The molecule has 7 N–H and O–H groups in total. The van der Waals surface area contributed by atoms with Crippen LogP contribution < -0.4 is 22.1 Å². The Bertz CT molecular complexity index is 1190. The Morgan fingerprint density at radius 3 is 2.36 bits per heavy atom. The number of hydrogen-bond acceptors (Lipinski definition) is 8. The number of ether oxygens (including phenoxy) is 3. The van der Waals surface area contributed by atoms with Crippen LogP contribution in [0.25, 0.3) is 0 Å². The summed E-state index contributed by atoms with van der Waals surface area (Å²) in [7, 11) is 0. The highest BCUT2D eigenvalue weighted by Crippen LogP contribution is 2.87. The summed E-state index contributed by atoms with van der Waals surface area (Å²) >= 11 is 0. The van der Waals surface area contributed by atoms with Crippen molar-refractivity contribution in [1.82, 2.24) is 10.6 Å². The zero-order chi connectivity index (χ0) is 31.6. The molecule has 5 aliphatic carbocycles. The average molecular weight is 617 g/mol. The molecule has 13 atom stereocenters. The van der Waals surface area contributed by atoms with E-state index in [1.807, 2.05) is 13.8 Å². The number of amides is 2. The molecule has 0 aromatic heterocycles. The van der Waals surface area contributed by atoms with Gasteiger partial charge >= 0.3 is 12.2 Å². The Kier molecular flexibility index (Phi) is 7.01. The summed E-state index contributed by atoms with van der Waals surface area (Å²) in [5, 5.41) is 18.5. The molecule has 248 valence electrons. The largest absolute Gasteiger partial charge is 0.446 e. The summed E-state index contributed by atoms with van der Waals surface area (Å²) in [6, 6.07) is 0.162. The van der Waals surface area contributed by atoms with Crippen LogP contribution in [-0.2, 0) is 14.2 Å². The number of carbonyl (C=O) groups is 2. The van der Waals surface area contributed by atoms with E-state index in [9.17, 15) is 14.7 Å². The van der Waals surface area contributed by atoms with Crippen LogP contribution in [0.4, 0.5) is 9.59 Å². The Labute approximate surface area is 262 Å². The van der Waals surface area contributed by atoms with E-state index in [2.05, 4.69) is 38.3 Å². The van der Waals surface area contributed by atoms with Gasteiger partial charge in [0.1, 0.15) is 12.2 Å². The van der Waals surface area contributed by atoms with Gasteiger partial charge in [0.05, 0.1) is 29.9 Å². The van der Waals surface area contributed by atoms with Gasteiger partial charge in [-0.25, -0.2) is 9.59 Å². The summed E-state index contributed by atoms with van der Waals surface area (Å²) in [5.74, 6) is 1.09. The molecule has 10 heteroatoms. The number of aliphatic hydroxyl groups excluding tert-OH is 1. The molecular weight excluding hydrogens is 560 g/mol. The maximum absolute atomic E-state index is 12.8. The van der Waals surface area contributed by atoms with Gasteiger partial charge in [-0.05, 0) is 97.2 Å². The van der Waals surface area contributed by atoms with Crippen molar-refractivity contribution in [2.45, 2.75) is 135 Å². The van der Waals surface area contributed by atoms with Gasteiger partial charge in [-0.1, -0.05) is 41.5 Å². The second kappa shape index (κ2) is 9.94. The number of alkyl carbamates (subject to hydrolysis) is 1. The summed E-state index contributed by atoms with van der Waals surface area (Å²) in [6.45, 7) is 14.8. The predicted octanol–water partition coefficient (Wildman–Crippen LogP) is 3.68. The number of aliphatic hydroxyl groups is 1. The minimum atomic E-state index is -0.794. The van der Waals surface area contributed by atoms with Crippen LogP contribution in [0.5, 0.6) is 0 Å². The van der Waals surface area contributed by atoms with E-state index in [0.717, 1.165) is 64.5 Å². The number of carbonyl (C=O) groups excluding carboxylic acids is 2. The van der Waals surface area contributed by atoms with Crippen LogP contribution in [0.2, 0.25) is 0 Å². The molecule has 7 rings (SSSR count). The molecule has 0 radical (unpaired) electrons. The Morgan fingerprint density at radius 2 is 1.73 bits per heavy atom. The van der Waals surface area contributed by atoms with E-state index in [0.29, 0.717) is 5.92 Å². The average Bonchev–Trinajstić information content (AvgIpc) is 3.55. The number of primary amides is 1. The highest BCUT2D eigenvalue weighted by Gasteiger charge is 2.85. The molecule has 7 fully saturated rings. The first kappa shape index (κ1) is 31.0. The summed E-state index contributed by atoms with van der Waals surface area (Å²) < 4.78 is 18.5. The quantitative estimate of drug-likeness (QED) is 0.313. The summed E-state index contributed by atoms with van der Waals surface area (Å²) in [5.41, 5.74) is 12.3. The van der Waals surface area contributed by atoms with Gasteiger partial charge in [-0.3, -0.25) is 0 Å². The standard InChI is InChI=1S/C34H56N4O6/c1-17(2)25(44-28(35)40)20-13-18(3)24-26(42-20)27(39)34(36)22-8-7-21-30(4,5)23(43-29(41)38-19-14-37-15-19)9-10-32(21)16-33(22,32)12-11-31(24,34)6/h17-27,37,39H,7-16,36H2,1-6H3,(H2,35,40)(H,38,41). The van der Waals surface area contributed by atoms with Crippen molar-refractivity contribution >= 4 is 12.2 Å². The maximum atomic E-state index is 12.8. The normalized spacial score (nSPS) is 50.9. The van der Waals surface area contributed by atoms with Crippen LogP contribution >= 0.6 is 0 Å². The van der Waals surface area contributed by atoms with E-state index in [4.69, 9.17) is 25.7 Å². The molecule has 2 aliphatic heterocycles. The van der Waals surface area contributed by atoms with Gasteiger partial charge in [0.25, 0.3) is 0 Å². The van der Waals surface area contributed by atoms with Crippen molar-refractivity contribution in [2.75, 3.05) is 13.1 Å². The lowest BCUT2D eigenvalue weighted by atomic mass is 9.43. The maximum Gasteiger partial charge on any atom is 0.407 e. The van der Waals surface area contributed by atoms with E-state index >= 15 is 0 Å². The highest BCUT2D eigenvalue weighted by atomic mass is 16.6. The molecule has 5 saturated carbocycles. The van der Waals surface area contributed by atoms with Gasteiger partial charge in [0.15, 0.2) is 0 Å². The molecule has 10 nitrogen and oxygen atoms in total. The molecular formula is C34H56N4O6. The number of hydrogen-bond donors (Lipinski definition) is 5. The van der Waals surface area contributed by atoms with Crippen molar-refractivity contribution in [2.24, 2.45) is 62.7 Å². The molecule has 44 heavy (non-hydrogen) atoms. The summed E-state index contributed by atoms with van der Waals surface area (Å²) in [4.78, 5) is 24.5.